The zero-order chi connectivity index (χ0) is 82.6. The van der Waals surface area contributed by atoms with Crippen molar-refractivity contribution in [3.63, 3.8) is 0 Å². The Labute approximate surface area is 663 Å². The van der Waals surface area contributed by atoms with Crippen LogP contribution in [0.2, 0.25) is 0 Å². The number of ketones is 3. The van der Waals surface area contributed by atoms with E-state index in [-0.39, 0.29) is 211 Å². The van der Waals surface area contributed by atoms with E-state index in [0.29, 0.717) is 54.5 Å². The van der Waals surface area contributed by atoms with Gasteiger partial charge in [-0.05, 0) is 143 Å². The first-order valence-corrected chi connectivity index (χ1v) is 40.7. The molecule has 2 heterocycles. The Balaban J connectivity index is 1.20. The maximum atomic E-state index is 14.2. The van der Waals surface area contributed by atoms with Crippen LogP contribution in [0, 0.1) is 65.1 Å². The zero-order valence-electron chi connectivity index (χ0n) is 69.4. The Bertz CT molecular complexity index is 3050. The number of aromatic carboxylic acids is 1. The number of nitrogens with one attached hydrogen (secondary N) is 4. The molecule has 30 heteroatoms. The molecule has 1 aromatic carbocycles. The van der Waals surface area contributed by atoms with Crippen LogP contribution in [0.15, 0.2) is 18.2 Å². The van der Waals surface area contributed by atoms with Crippen molar-refractivity contribution in [1.82, 2.24) is 31.1 Å². The first-order chi connectivity index (χ1) is 53.3. The van der Waals surface area contributed by atoms with Crippen molar-refractivity contribution in [3.8, 4) is 11.5 Å². The van der Waals surface area contributed by atoms with Crippen LogP contribution >= 0.6 is 0 Å². The summed E-state index contributed by atoms with van der Waals surface area (Å²) in [5.41, 5.74) is -0.373. The van der Waals surface area contributed by atoms with Gasteiger partial charge >= 0.3 is 11.9 Å². The molecule has 0 aromatic heterocycles. The second-order valence-corrected chi connectivity index (χ2v) is 31.4. The third-order valence-corrected chi connectivity index (χ3v) is 22.9. The van der Waals surface area contributed by atoms with E-state index in [0.717, 1.165) is 66.9 Å². The number of ether oxygens (including phenoxy) is 12. The van der Waals surface area contributed by atoms with Crippen molar-refractivity contribution in [1.29, 1.82) is 0 Å². The molecule has 2 saturated heterocycles. The summed E-state index contributed by atoms with van der Waals surface area (Å²) in [4.78, 5) is 145. The highest BCUT2D eigenvalue weighted by molar-refractivity contribution is 5.92. The summed E-state index contributed by atoms with van der Waals surface area (Å²) < 4.78 is 70.5. The van der Waals surface area contributed by atoms with Crippen molar-refractivity contribution < 1.29 is 115 Å². The van der Waals surface area contributed by atoms with Crippen molar-refractivity contribution in [2.45, 2.75) is 230 Å². The first kappa shape index (κ1) is 95.8. The predicted molar refractivity (Wildman–Crippen MR) is 413 cm³/mol. The van der Waals surface area contributed by atoms with Crippen LogP contribution in [0.3, 0.4) is 0 Å². The third-order valence-electron chi connectivity index (χ3n) is 22.9. The SMILES string of the molecule is CCC1CC(CCCOCCNC(=O)CN(CC(=O)CCCOCCOC2CC(CC)C(C)C(C)C2NC(C)=O)C(=O)COc2cc(OCC(=O)N(CC(=O)CCCOCCOC3OC(C)CC(C)C3NC(C)=O)CC(=O)OCCOCCOC3OC(C)C(C)C(C)C3NC(C)=O)cc(C(=O)O)c2)C(CC(C)=O)C(C)C1C. The van der Waals surface area contributed by atoms with Gasteiger partial charge in [0.2, 0.25) is 23.6 Å². The smallest absolute Gasteiger partial charge is 0.335 e. The van der Waals surface area contributed by atoms with Gasteiger partial charge in [-0.3, -0.25) is 43.2 Å². The molecule has 112 heavy (non-hydrogen) atoms. The van der Waals surface area contributed by atoms with Crippen molar-refractivity contribution in [3.05, 3.63) is 23.8 Å². The molecule has 6 amide bonds. The fourth-order valence-electron chi connectivity index (χ4n) is 16.0. The lowest BCUT2D eigenvalue weighted by molar-refractivity contribution is -0.234. The molecule has 19 unspecified atom stereocenters. The third kappa shape index (κ3) is 33.6. The molecule has 0 radical (unpaired) electrons. The van der Waals surface area contributed by atoms with Gasteiger partial charge in [-0.15, -0.1) is 0 Å². The molecule has 0 spiro atoms. The van der Waals surface area contributed by atoms with Gasteiger partial charge in [-0.25, -0.2) is 4.79 Å². The summed E-state index contributed by atoms with van der Waals surface area (Å²) in [5, 5.41) is 21.9. The molecule has 5 N–H and O–H groups in total. The Hall–Kier alpha value is -6.77. The number of benzene rings is 1. The number of esters is 1. The van der Waals surface area contributed by atoms with Crippen LogP contribution in [-0.4, -0.2) is 254 Å². The topological polar surface area (TPSA) is 373 Å². The number of carbonyl (C=O) groups excluding carboxylic acids is 10. The first-order valence-electron chi connectivity index (χ1n) is 40.7. The molecule has 30 nitrogen and oxygen atoms in total. The van der Waals surface area contributed by atoms with Crippen molar-refractivity contribution in [2.24, 2.45) is 65.1 Å². The van der Waals surface area contributed by atoms with Crippen LogP contribution < -0.4 is 30.7 Å². The van der Waals surface area contributed by atoms with E-state index in [9.17, 15) is 57.8 Å². The van der Waals surface area contributed by atoms with E-state index in [2.05, 4.69) is 62.8 Å². The highest BCUT2D eigenvalue weighted by Crippen LogP contribution is 2.47. The molecule has 636 valence electrons. The summed E-state index contributed by atoms with van der Waals surface area (Å²) in [6.45, 7) is 27.1. The standard InChI is InChI=1S/C82H134N6O24/c1-16-63-39-65(71(38-51(4)89)56(9)54(63)7)21-18-25-101-28-24-83-73(95)46-87(44-67(93)22-19-26-102-29-33-105-72-42-64(17-2)55(8)58(11)78(72)85-61(14)91)74(96)48-109-69-40-66(80(99)100)41-70(43-69)110-49-75(97)88(45-68(94)23-20-27-103-31-35-107-81-77(84-60(13)90)50(3)37-52(5)111-81)47-76(98)106-34-30-104-32-36-108-82-79(86-62(15)92)57(10)53(6)59(12)112-82/h40-41,43,50,52-59,63-65,71-72,77-79,81-82H,16-39,42,44-49H2,1-15H3,(H,83,95)(H,84,90)(H,85,91)(H,86,92)(H,99,100). The lowest BCUT2D eigenvalue weighted by Crippen LogP contribution is -2.57. The number of hydrogen-bond acceptors (Lipinski definition) is 23. The number of amides is 6. The fourth-order valence-corrected chi connectivity index (χ4v) is 16.0. The molecule has 4 fully saturated rings. The van der Waals surface area contributed by atoms with Gasteiger partial charge in [0.05, 0.1) is 108 Å². The van der Waals surface area contributed by atoms with Gasteiger partial charge in [-0.2, -0.15) is 0 Å². The van der Waals surface area contributed by atoms with Gasteiger partial charge in [-0.1, -0.05) is 75.2 Å². The zero-order valence-corrected chi connectivity index (χ0v) is 69.4. The molecule has 5 rings (SSSR count). The molecular weight excluding hydrogens is 1450 g/mol. The minimum atomic E-state index is -1.43. The lowest BCUT2D eigenvalue weighted by atomic mass is 9.60. The monoisotopic (exact) mass is 1590 g/mol. The van der Waals surface area contributed by atoms with E-state index >= 15 is 0 Å². The van der Waals surface area contributed by atoms with E-state index in [1.54, 1.807) is 6.92 Å². The van der Waals surface area contributed by atoms with Crippen LogP contribution in [0.25, 0.3) is 0 Å². The van der Waals surface area contributed by atoms with E-state index in [4.69, 9.17) is 56.8 Å². The Morgan fingerprint density at radius 1 is 0.491 bits per heavy atom. The summed E-state index contributed by atoms with van der Waals surface area (Å²) >= 11 is 0. The highest BCUT2D eigenvalue weighted by atomic mass is 16.7. The number of rotatable bonds is 52. The number of carboxylic acids is 1. The summed E-state index contributed by atoms with van der Waals surface area (Å²) in [6.07, 6.45) is 5.61. The normalized spacial score (nSPS) is 27.0. The molecule has 4 aliphatic rings. The molecule has 2 aliphatic carbocycles. The van der Waals surface area contributed by atoms with Crippen LogP contribution in [-0.2, 0) is 95.3 Å². The van der Waals surface area contributed by atoms with Crippen molar-refractivity contribution >= 4 is 64.7 Å². The van der Waals surface area contributed by atoms with Gasteiger partial charge in [0.25, 0.3) is 11.8 Å². The van der Waals surface area contributed by atoms with Gasteiger partial charge in [0.15, 0.2) is 37.4 Å². The Kier molecular flexibility index (Phi) is 43.2. The van der Waals surface area contributed by atoms with E-state index in [1.807, 2.05) is 34.6 Å². The summed E-state index contributed by atoms with van der Waals surface area (Å²) in [6, 6.07) is 2.55. The highest BCUT2D eigenvalue weighted by Gasteiger charge is 2.44. The fraction of sp³-hybridized carbons (Fsp3) is 0.793. The van der Waals surface area contributed by atoms with Crippen LogP contribution in [0.4, 0.5) is 0 Å². The van der Waals surface area contributed by atoms with Crippen molar-refractivity contribution in [2.75, 3.05) is 125 Å². The molecular formula is C82H134N6O24. The second-order valence-electron chi connectivity index (χ2n) is 31.4. The summed E-state index contributed by atoms with van der Waals surface area (Å²) in [7, 11) is 0. The number of nitrogens with zero attached hydrogens (tertiary/aromatic N) is 2. The van der Waals surface area contributed by atoms with Gasteiger partial charge < -0.3 is 97.8 Å². The molecule has 2 aliphatic heterocycles. The maximum absolute atomic E-state index is 14.2. The number of carbonyl (C=O) groups is 11. The van der Waals surface area contributed by atoms with Gasteiger partial charge in [0, 0.05) is 72.5 Å². The van der Waals surface area contributed by atoms with Crippen LogP contribution in [0.5, 0.6) is 11.5 Å². The van der Waals surface area contributed by atoms with E-state index in [1.165, 1.54) is 26.8 Å². The Morgan fingerprint density at radius 3 is 1.54 bits per heavy atom. The maximum Gasteiger partial charge on any atom is 0.335 e. The summed E-state index contributed by atoms with van der Waals surface area (Å²) in [5.74, 6) is -2.50. The largest absolute Gasteiger partial charge is 0.484 e. The Morgan fingerprint density at radius 2 is 0.982 bits per heavy atom. The lowest BCUT2D eigenvalue weighted by Gasteiger charge is -2.45. The average molecular weight is 1590 g/mol. The minimum Gasteiger partial charge on any atom is -0.484 e. The second kappa shape index (κ2) is 50.6. The number of Topliss-reactive ketones (excluding diaryl/α,β-unsaturated/α-hetero) is 3. The molecule has 0 bridgehead atoms. The quantitative estimate of drug-likeness (QED) is 0.0314. The number of carboxylic acid groups (broad SMARTS) is 1. The molecule has 2 saturated carbocycles. The minimum absolute atomic E-state index is 0.0140. The molecule has 19 atom stereocenters. The average Bonchev–Trinajstić information content (AvgIpc) is 0.817. The molecule has 1 aromatic rings. The van der Waals surface area contributed by atoms with Gasteiger partial charge in [0.1, 0.15) is 37.0 Å². The predicted octanol–water partition coefficient (Wildman–Crippen LogP) is 7.34. The number of hydrogen-bond donors (Lipinski definition) is 5. The van der Waals surface area contributed by atoms with Crippen LogP contribution in [0.1, 0.15) is 191 Å². The van der Waals surface area contributed by atoms with E-state index < -0.39 is 87.4 Å².